The maximum atomic E-state index is 14.1. The zero-order valence-electron chi connectivity index (χ0n) is 18.7. The minimum atomic E-state index is -1.21. The van der Waals surface area contributed by atoms with Gasteiger partial charge in [0.2, 0.25) is 11.8 Å². The Bertz CT molecular complexity index is 875. The second-order valence-electron chi connectivity index (χ2n) is 9.98. The lowest BCUT2D eigenvalue weighted by Gasteiger charge is -2.42. The van der Waals surface area contributed by atoms with Crippen LogP contribution in [0.25, 0.3) is 0 Å². The molecule has 1 saturated carbocycles. The average Bonchev–Trinajstić information content (AvgIpc) is 3.54. The molecule has 1 aliphatic carbocycles. The normalized spacial score (nSPS) is 25.8. The molecule has 2 amide bonds. The first-order chi connectivity index (χ1) is 15.2. The highest BCUT2D eigenvalue weighted by atomic mass is 19.2. The fourth-order valence-corrected chi connectivity index (χ4v) is 5.42. The monoisotopic (exact) mass is 451 g/mol. The number of carbonyl (C=O) groups excluding carboxylic acids is 2. The van der Waals surface area contributed by atoms with E-state index in [1.165, 1.54) is 0 Å². The van der Waals surface area contributed by atoms with Gasteiger partial charge < -0.3 is 15.5 Å². The van der Waals surface area contributed by atoms with Crippen molar-refractivity contribution in [3.8, 4) is 0 Å². The van der Waals surface area contributed by atoms with Crippen molar-refractivity contribution in [1.29, 1.82) is 0 Å². The molecular weight excluding hydrogens is 419 g/mol. The zero-order chi connectivity index (χ0) is 23.2. The highest BCUT2D eigenvalue weighted by Crippen LogP contribution is 2.40. The van der Waals surface area contributed by atoms with Crippen molar-refractivity contribution in [3.63, 3.8) is 0 Å². The number of halogens is 3. The molecule has 5 nitrogen and oxygen atoms in total. The molecule has 2 aliphatic heterocycles. The summed E-state index contributed by atoms with van der Waals surface area (Å²) in [6, 6.07) is 1.12. The molecule has 0 radical (unpaired) electrons. The van der Waals surface area contributed by atoms with Gasteiger partial charge in [0.25, 0.3) is 0 Å². The summed E-state index contributed by atoms with van der Waals surface area (Å²) in [5, 5.41) is 0. The Hall–Kier alpha value is -2.09. The van der Waals surface area contributed by atoms with E-state index in [1.807, 2.05) is 18.7 Å². The van der Waals surface area contributed by atoms with Crippen molar-refractivity contribution >= 4 is 11.8 Å². The first kappa shape index (κ1) is 23.1. The van der Waals surface area contributed by atoms with Crippen LogP contribution in [-0.2, 0) is 16.0 Å². The fourth-order valence-electron chi connectivity index (χ4n) is 5.42. The molecule has 1 aromatic rings. The summed E-state index contributed by atoms with van der Waals surface area (Å²) in [6.45, 7) is 3.98. The third-order valence-electron chi connectivity index (χ3n) is 7.35. The van der Waals surface area contributed by atoms with Gasteiger partial charge in [0.05, 0.1) is 0 Å². The van der Waals surface area contributed by atoms with Gasteiger partial charge in [-0.05, 0) is 76.3 Å². The van der Waals surface area contributed by atoms with E-state index in [1.54, 1.807) is 4.90 Å². The van der Waals surface area contributed by atoms with Crippen LogP contribution in [-0.4, -0.2) is 52.3 Å². The predicted molar refractivity (Wildman–Crippen MR) is 114 cm³/mol. The number of fused-ring (bicyclic) bond motifs is 2. The number of amides is 2. The zero-order valence-corrected chi connectivity index (χ0v) is 18.7. The summed E-state index contributed by atoms with van der Waals surface area (Å²) in [7, 11) is 0. The number of hydrogen-bond acceptors (Lipinski definition) is 3. The Morgan fingerprint density at radius 1 is 1.03 bits per heavy atom. The van der Waals surface area contributed by atoms with Gasteiger partial charge >= 0.3 is 0 Å². The van der Waals surface area contributed by atoms with Crippen molar-refractivity contribution in [3.05, 3.63) is 35.1 Å². The minimum Gasteiger partial charge on any atom is -0.335 e. The molecule has 0 spiro atoms. The van der Waals surface area contributed by atoms with Crippen LogP contribution in [0.5, 0.6) is 0 Å². The van der Waals surface area contributed by atoms with Crippen molar-refractivity contribution in [2.45, 2.75) is 83.0 Å². The molecule has 8 heteroatoms. The number of benzene rings is 1. The van der Waals surface area contributed by atoms with Crippen LogP contribution < -0.4 is 5.73 Å². The van der Waals surface area contributed by atoms with E-state index < -0.39 is 23.5 Å². The molecule has 176 valence electrons. The van der Waals surface area contributed by atoms with Crippen LogP contribution in [0.15, 0.2) is 12.1 Å². The molecule has 32 heavy (non-hydrogen) atoms. The molecule has 2 N–H and O–H groups in total. The predicted octanol–water partition coefficient (Wildman–Crippen LogP) is 3.39. The molecule has 2 saturated heterocycles. The van der Waals surface area contributed by atoms with Crippen LogP contribution in [0, 0.1) is 29.3 Å². The first-order valence-electron chi connectivity index (χ1n) is 11.7. The standard InChI is InChI=1S/C24H32F3N3O2/c1-13(2)29(24(32)14-3-4-14)12-23(31)30-17-5-6-18(30)8-16(7-17)22(28)10-15-9-20(26)21(27)11-19(15)25/h9,11,13-14,16-18,22H,3-8,10,12,28H2,1-2H3/t17-,18-,22-/m1/s1. The van der Waals surface area contributed by atoms with E-state index in [-0.39, 0.29) is 60.3 Å². The summed E-state index contributed by atoms with van der Waals surface area (Å²) in [4.78, 5) is 29.4. The summed E-state index contributed by atoms with van der Waals surface area (Å²) in [5.41, 5.74) is 6.45. The fraction of sp³-hybridized carbons (Fsp3) is 0.667. The molecule has 4 rings (SSSR count). The van der Waals surface area contributed by atoms with Crippen molar-refractivity contribution in [1.82, 2.24) is 9.80 Å². The third-order valence-corrected chi connectivity index (χ3v) is 7.35. The lowest BCUT2D eigenvalue weighted by atomic mass is 9.82. The molecule has 3 aliphatic rings. The maximum absolute atomic E-state index is 14.1. The minimum absolute atomic E-state index is 0.0149. The SMILES string of the molecule is CC(C)N(CC(=O)N1[C@@H]2CC[C@@H]1CC([C@H](N)Cc1cc(F)c(F)cc1F)C2)C(=O)C1CC1. The summed E-state index contributed by atoms with van der Waals surface area (Å²) < 4.78 is 40.8. The number of nitrogens with two attached hydrogens (primary N) is 1. The van der Waals surface area contributed by atoms with E-state index in [0.717, 1.165) is 31.7 Å². The van der Waals surface area contributed by atoms with E-state index in [0.29, 0.717) is 18.9 Å². The quantitative estimate of drug-likeness (QED) is 0.647. The van der Waals surface area contributed by atoms with Gasteiger partial charge in [-0.1, -0.05) is 0 Å². The first-order valence-corrected chi connectivity index (χ1v) is 11.7. The van der Waals surface area contributed by atoms with Crippen LogP contribution in [0.2, 0.25) is 0 Å². The Balaban J connectivity index is 1.39. The average molecular weight is 452 g/mol. The van der Waals surface area contributed by atoms with Gasteiger partial charge in [-0.15, -0.1) is 0 Å². The molecule has 1 aromatic carbocycles. The molecular formula is C24H32F3N3O2. The molecule has 3 atom stereocenters. The highest BCUT2D eigenvalue weighted by molar-refractivity contribution is 5.87. The van der Waals surface area contributed by atoms with Gasteiger partial charge in [0, 0.05) is 36.2 Å². The number of hydrogen-bond donors (Lipinski definition) is 1. The van der Waals surface area contributed by atoms with Gasteiger partial charge in [0.1, 0.15) is 12.4 Å². The molecule has 0 aromatic heterocycles. The van der Waals surface area contributed by atoms with Gasteiger partial charge in [-0.2, -0.15) is 0 Å². The Kier molecular flexibility index (Phi) is 6.52. The second-order valence-corrected chi connectivity index (χ2v) is 9.98. The summed E-state index contributed by atoms with van der Waals surface area (Å²) in [6.07, 6.45) is 5.11. The van der Waals surface area contributed by atoms with Crippen LogP contribution in [0.3, 0.4) is 0 Å². The van der Waals surface area contributed by atoms with E-state index in [4.69, 9.17) is 5.73 Å². The van der Waals surface area contributed by atoms with E-state index >= 15 is 0 Å². The van der Waals surface area contributed by atoms with Crippen LogP contribution >= 0.6 is 0 Å². The summed E-state index contributed by atoms with van der Waals surface area (Å²) in [5.74, 6) is -2.88. The van der Waals surface area contributed by atoms with Gasteiger partial charge in [0.15, 0.2) is 11.6 Å². The Labute approximate surface area is 187 Å². The molecule has 3 fully saturated rings. The number of nitrogens with zero attached hydrogens (tertiary/aromatic N) is 2. The van der Waals surface area contributed by atoms with E-state index in [2.05, 4.69) is 0 Å². The lowest BCUT2D eigenvalue weighted by molar-refractivity contribution is -0.145. The number of piperidine rings is 1. The summed E-state index contributed by atoms with van der Waals surface area (Å²) >= 11 is 0. The van der Waals surface area contributed by atoms with Crippen LogP contribution in [0.1, 0.15) is 57.9 Å². The van der Waals surface area contributed by atoms with Crippen molar-refractivity contribution in [2.75, 3.05) is 6.54 Å². The highest BCUT2D eigenvalue weighted by Gasteiger charge is 2.45. The molecule has 0 unspecified atom stereocenters. The largest absolute Gasteiger partial charge is 0.335 e. The van der Waals surface area contributed by atoms with Crippen molar-refractivity contribution < 1.29 is 22.8 Å². The lowest BCUT2D eigenvalue weighted by Crippen LogP contribution is -2.54. The second kappa shape index (κ2) is 9.04. The van der Waals surface area contributed by atoms with Crippen LogP contribution in [0.4, 0.5) is 13.2 Å². The molecule has 2 bridgehead atoms. The number of rotatable bonds is 7. The topological polar surface area (TPSA) is 66.6 Å². The molecule has 2 heterocycles. The smallest absolute Gasteiger partial charge is 0.242 e. The Morgan fingerprint density at radius 3 is 2.19 bits per heavy atom. The van der Waals surface area contributed by atoms with E-state index in [9.17, 15) is 22.8 Å². The Morgan fingerprint density at radius 2 is 1.62 bits per heavy atom. The van der Waals surface area contributed by atoms with Gasteiger partial charge in [-0.25, -0.2) is 13.2 Å². The number of carbonyl (C=O) groups is 2. The van der Waals surface area contributed by atoms with Crippen molar-refractivity contribution in [2.24, 2.45) is 17.6 Å². The van der Waals surface area contributed by atoms with Gasteiger partial charge in [-0.3, -0.25) is 9.59 Å². The maximum Gasteiger partial charge on any atom is 0.242 e. The third kappa shape index (κ3) is 4.65.